The van der Waals surface area contributed by atoms with Gasteiger partial charge in [0.1, 0.15) is 0 Å². The van der Waals surface area contributed by atoms with Crippen molar-refractivity contribution in [1.82, 2.24) is 0 Å². The largest absolute Gasteiger partial charge is 0.0648 e. The predicted octanol–water partition coefficient (Wildman–Crippen LogP) is 3.87. The van der Waals surface area contributed by atoms with E-state index in [9.17, 15) is 0 Å². The van der Waals surface area contributed by atoms with E-state index in [4.69, 9.17) is 0 Å². The predicted molar refractivity (Wildman–Crippen MR) is 60.1 cm³/mol. The van der Waals surface area contributed by atoms with Crippen LogP contribution in [-0.4, -0.2) is 0 Å². The lowest BCUT2D eigenvalue weighted by Crippen LogP contribution is -2.25. The van der Waals surface area contributed by atoms with Crippen molar-refractivity contribution >= 4 is 0 Å². The Morgan fingerprint density at radius 2 is 1.93 bits per heavy atom. The average molecular weight is 186 g/mol. The summed E-state index contributed by atoms with van der Waals surface area (Å²) in [7, 11) is 0. The molecule has 0 saturated heterocycles. The third-order valence-electron chi connectivity index (χ3n) is 3.64. The Morgan fingerprint density at radius 1 is 1.21 bits per heavy atom. The summed E-state index contributed by atoms with van der Waals surface area (Å²) in [6.07, 6.45) is 8.65. The van der Waals surface area contributed by atoms with E-state index in [1.807, 2.05) is 0 Å². The van der Waals surface area contributed by atoms with Gasteiger partial charge in [-0.05, 0) is 42.2 Å². The Labute approximate surface area is 87.3 Å². The second kappa shape index (κ2) is 3.76. The van der Waals surface area contributed by atoms with Gasteiger partial charge in [-0.25, -0.2) is 0 Å². The summed E-state index contributed by atoms with van der Waals surface area (Å²) in [5, 5.41) is 0. The van der Waals surface area contributed by atoms with Crippen molar-refractivity contribution in [1.29, 1.82) is 0 Å². The molecule has 14 heavy (non-hydrogen) atoms. The van der Waals surface area contributed by atoms with Crippen molar-refractivity contribution in [2.75, 3.05) is 0 Å². The summed E-state index contributed by atoms with van der Waals surface area (Å²) in [5.74, 6) is 0. The van der Waals surface area contributed by atoms with Crippen LogP contribution in [0.15, 0.2) is 24.3 Å². The van der Waals surface area contributed by atoms with Crippen LogP contribution >= 0.6 is 0 Å². The number of rotatable bonds is 2. The van der Waals surface area contributed by atoms with Crippen LogP contribution < -0.4 is 0 Å². The molecule has 0 bridgehead atoms. The second-order valence-corrected chi connectivity index (χ2v) is 4.27. The number of hydrogen-bond acceptors (Lipinski definition) is 0. The SMILES string of the molecule is CCC1(CC)[C]c2ccccc2CC1. The van der Waals surface area contributed by atoms with Gasteiger partial charge in [0.05, 0.1) is 0 Å². The van der Waals surface area contributed by atoms with E-state index >= 15 is 0 Å². The highest BCUT2D eigenvalue weighted by Gasteiger charge is 2.31. The Kier molecular flexibility index (Phi) is 2.62. The van der Waals surface area contributed by atoms with Gasteiger partial charge in [-0.15, -0.1) is 0 Å². The van der Waals surface area contributed by atoms with Gasteiger partial charge in [0.15, 0.2) is 0 Å². The second-order valence-electron chi connectivity index (χ2n) is 4.27. The molecule has 0 N–H and O–H groups in total. The van der Waals surface area contributed by atoms with E-state index in [0.29, 0.717) is 5.41 Å². The molecule has 0 spiro atoms. The molecule has 0 aromatic heterocycles. The van der Waals surface area contributed by atoms with Gasteiger partial charge in [-0.1, -0.05) is 38.1 Å². The van der Waals surface area contributed by atoms with Crippen molar-refractivity contribution in [3.8, 4) is 0 Å². The number of hydrogen-bond donors (Lipinski definition) is 0. The minimum Gasteiger partial charge on any atom is -0.0648 e. The van der Waals surface area contributed by atoms with Crippen molar-refractivity contribution < 1.29 is 0 Å². The Balaban J connectivity index is 2.28. The van der Waals surface area contributed by atoms with Gasteiger partial charge in [-0.3, -0.25) is 0 Å². The third kappa shape index (κ3) is 1.58. The van der Waals surface area contributed by atoms with Gasteiger partial charge in [0.25, 0.3) is 0 Å². The molecule has 2 rings (SSSR count). The molecule has 74 valence electrons. The molecule has 0 heteroatoms. The molecule has 2 radical (unpaired) electrons. The average Bonchev–Trinajstić information content (AvgIpc) is 2.28. The zero-order valence-electron chi connectivity index (χ0n) is 9.14. The zero-order chi connectivity index (χ0) is 10.0. The molecule has 1 aromatic carbocycles. The standard InChI is InChI=1S/C14H18/c1-3-14(4-2)10-9-12-7-5-6-8-13(12)11-14/h5-8H,3-4,9-10H2,1-2H3. The van der Waals surface area contributed by atoms with E-state index in [1.165, 1.54) is 36.8 Å². The summed E-state index contributed by atoms with van der Waals surface area (Å²) in [5.41, 5.74) is 3.18. The molecule has 0 nitrogen and oxygen atoms in total. The first kappa shape index (κ1) is 9.76. The van der Waals surface area contributed by atoms with Crippen LogP contribution in [0.4, 0.5) is 0 Å². The van der Waals surface area contributed by atoms with Crippen LogP contribution in [0.3, 0.4) is 0 Å². The van der Waals surface area contributed by atoms with E-state index in [2.05, 4.69) is 44.5 Å². The third-order valence-corrected chi connectivity index (χ3v) is 3.64. The maximum absolute atomic E-state index is 3.71. The smallest absolute Gasteiger partial charge is 0.0234 e. The number of fused-ring (bicyclic) bond motifs is 1. The molecular weight excluding hydrogens is 168 g/mol. The molecule has 0 heterocycles. The Bertz CT molecular complexity index is 308. The minimum absolute atomic E-state index is 0.356. The highest BCUT2D eigenvalue weighted by atomic mass is 14.3. The maximum Gasteiger partial charge on any atom is 0.0234 e. The van der Waals surface area contributed by atoms with E-state index in [1.54, 1.807) is 0 Å². The molecule has 0 aliphatic heterocycles. The zero-order valence-corrected chi connectivity index (χ0v) is 9.14. The van der Waals surface area contributed by atoms with Crippen molar-refractivity contribution in [2.24, 2.45) is 5.41 Å². The number of aryl methyl sites for hydroxylation is 1. The molecule has 0 unspecified atom stereocenters. The topological polar surface area (TPSA) is 0 Å². The lowest BCUT2D eigenvalue weighted by Gasteiger charge is -2.36. The number of benzene rings is 1. The molecule has 1 aliphatic carbocycles. The molecule has 0 fully saturated rings. The molecular formula is C14H18. The van der Waals surface area contributed by atoms with Gasteiger partial charge < -0.3 is 0 Å². The molecule has 0 saturated carbocycles. The molecule has 0 amide bonds. The van der Waals surface area contributed by atoms with Gasteiger partial charge in [0.2, 0.25) is 0 Å². The van der Waals surface area contributed by atoms with Crippen molar-refractivity contribution in [3.63, 3.8) is 0 Å². The highest BCUT2D eigenvalue weighted by Crippen LogP contribution is 2.42. The van der Waals surface area contributed by atoms with Crippen LogP contribution in [0.25, 0.3) is 0 Å². The normalized spacial score (nSPS) is 19.0. The summed E-state index contributed by atoms with van der Waals surface area (Å²) in [4.78, 5) is 0. The molecule has 0 atom stereocenters. The van der Waals surface area contributed by atoms with Crippen LogP contribution in [0.2, 0.25) is 0 Å². The first-order chi connectivity index (χ1) is 6.79. The van der Waals surface area contributed by atoms with Gasteiger partial charge >= 0.3 is 0 Å². The highest BCUT2D eigenvalue weighted by molar-refractivity contribution is 5.37. The fourth-order valence-corrected chi connectivity index (χ4v) is 2.36. The van der Waals surface area contributed by atoms with Gasteiger partial charge in [0, 0.05) is 6.42 Å². The van der Waals surface area contributed by atoms with E-state index in [-0.39, 0.29) is 0 Å². The monoisotopic (exact) mass is 186 g/mol. The molecule has 1 aromatic rings. The quantitative estimate of drug-likeness (QED) is 0.657. The summed E-state index contributed by atoms with van der Waals surface area (Å²) in [6.45, 7) is 4.56. The fraction of sp³-hybridized carbons (Fsp3) is 0.500. The summed E-state index contributed by atoms with van der Waals surface area (Å²) in [6, 6.07) is 8.69. The Hall–Kier alpha value is -0.780. The van der Waals surface area contributed by atoms with E-state index < -0.39 is 0 Å². The first-order valence-electron chi connectivity index (χ1n) is 5.66. The summed E-state index contributed by atoms with van der Waals surface area (Å²) >= 11 is 0. The fourth-order valence-electron chi connectivity index (χ4n) is 2.36. The van der Waals surface area contributed by atoms with Crippen molar-refractivity contribution in [3.05, 3.63) is 41.8 Å². The minimum atomic E-state index is 0.356. The van der Waals surface area contributed by atoms with E-state index in [0.717, 1.165) is 0 Å². The van der Waals surface area contributed by atoms with Crippen LogP contribution in [0, 0.1) is 11.8 Å². The lowest BCUT2D eigenvalue weighted by atomic mass is 9.68. The van der Waals surface area contributed by atoms with Crippen LogP contribution in [0.5, 0.6) is 0 Å². The first-order valence-corrected chi connectivity index (χ1v) is 5.66. The van der Waals surface area contributed by atoms with Crippen LogP contribution in [-0.2, 0) is 6.42 Å². The maximum atomic E-state index is 3.71. The van der Waals surface area contributed by atoms with Crippen LogP contribution in [0.1, 0.15) is 44.2 Å². The van der Waals surface area contributed by atoms with Gasteiger partial charge in [-0.2, -0.15) is 0 Å². The van der Waals surface area contributed by atoms with Crippen molar-refractivity contribution in [2.45, 2.75) is 39.5 Å². The Morgan fingerprint density at radius 3 is 2.64 bits per heavy atom. The molecule has 1 aliphatic rings. The lowest BCUT2D eigenvalue weighted by molar-refractivity contribution is 0.289. The summed E-state index contributed by atoms with van der Waals surface area (Å²) < 4.78 is 0.